The molecule has 9 rings (SSSR count). The number of furan rings is 2. The first kappa shape index (κ1) is 26.1. The number of hydrogen-bond acceptors (Lipinski definition) is 3. The van der Waals surface area contributed by atoms with Gasteiger partial charge >= 0.3 is 0 Å². The van der Waals surface area contributed by atoms with E-state index >= 15 is 0 Å². The summed E-state index contributed by atoms with van der Waals surface area (Å²) in [5.41, 5.74) is 12.3. The van der Waals surface area contributed by atoms with Crippen LogP contribution in [-0.4, -0.2) is 0 Å². The summed E-state index contributed by atoms with van der Waals surface area (Å²) in [4.78, 5) is 0. The van der Waals surface area contributed by atoms with Gasteiger partial charge in [0.05, 0.1) is 11.6 Å². The summed E-state index contributed by atoms with van der Waals surface area (Å²) < 4.78 is 12.7. The van der Waals surface area contributed by atoms with Gasteiger partial charge in [-0.2, -0.15) is 5.26 Å². The summed E-state index contributed by atoms with van der Waals surface area (Å²) in [6, 6.07) is 54.3. The van der Waals surface area contributed by atoms with E-state index in [0.29, 0.717) is 5.56 Å². The SMILES string of the molecule is N#Cc1cc(-c2ccccc2)cc(-c2cc(-c3cccc4c3oc3ccccc34)ccc2-c2cccc3oc4ccccc4c23)c1. The van der Waals surface area contributed by atoms with E-state index in [0.717, 1.165) is 88.4 Å². The monoisotopic (exact) mass is 587 g/mol. The molecule has 0 atom stereocenters. The van der Waals surface area contributed by atoms with Gasteiger partial charge < -0.3 is 8.83 Å². The highest BCUT2D eigenvalue weighted by Crippen LogP contribution is 2.44. The highest BCUT2D eigenvalue weighted by atomic mass is 16.3. The molecule has 0 fully saturated rings. The van der Waals surface area contributed by atoms with Gasteiger partial charge in [-0.25, -0.2) is 0 Å². The van der Waals surface area contributed by atoms with E-state index in [2.05, 4.69) is 84.9 Å². The first-order chi connectivity index (χ1) is 22.7. The van der Waals surface area contributed by atoms with Gasteiger partial charge in [0, 0.05) is 27.1 Å². The molecular formula is C43H25NO2. The molecule has 0 aliphatic rings. The third-order valence-corrected chi connectivity index (χ3v) is 8.91. The number of rotatable bonds is 4. The second kappa shape index (κ2) is 10.4. The minimum Gasteiger partial charge on any atom is -0.456 e. The first-order valence-electron chi connectivity index (χ1n) is 15.3. The number of benzene rings is 7. The van der Waals surface area contributed by atoms with E-state index in [1.807, 2.05) is 72.8 Å². The van der Waals surface area contributed by atoms with Crippen molar-refractivity contribution >= 4 is 43.9 Å². The summed E-state index contributed by atoms with van der Waals surface area (Å²) in [5, 5.41) is 14.5. The molecule has 0 saturated heterocycles. The Kier molecular flexibility index (Phi) is 5.88. The number of fused-ring (bicyclic) bond motifs is 6. The van der Waals surface area contributed by atoms with Gasteiger partial charge in [-0.1, -0.05) is 109 Å². The van der Waals surface area contributed by atoms with E-state index in [-0.39, 0.29) is 0 Å². The van der Waals surface area contributed by atoms with Crippen molar-refractivity contribution in [1.29, 1.82) is 5.26 Å². The Morgan fingerprint density at radius 2 is 1.07 bits per heavy atom. The Labute approximate surface area is 265 Å². The molecule has 7 aromatic carbocycles. The van der Waals surface area contributed by atoms with Gasteiger partial charge in [0.25, 0.3) is 0 Å². The molecule has 0 radical (unpaired) electrons. The highest BCUT2D eigenvalue weighted by Gasteiger charge is 2.19. The van der Waals surface area contributed by atoms with Crippen LogP contribution in [0.3, 0.4) is 0 Å². The summed E-state index contributed by atoms with van der Waals surface area (Å²) in [6.07, 6.45) is 0. The van der Waals surface area contributed by atoms with Gasteiger partial charge in [0.1, 0.15) is 22.3 Å². The molecule has 0 spiro atoms. The molecule has 3 nitrogen and oxygen atoms in total. The quantitative estimate of drug-likeness (QED) is 0.206. The topological polar surface area (TPSA) is 50.1 Å². The lowest BCUT2D eigenvalue weighted by molar-refractivity contribution is 0.669. The first-order valence-corrected chi connectivity index (χ1v) is 15.3. The van der Waals surface area contributed by atoms with Crippen molar-refractivity contribution in [3.63, 3.8) is 0 Å². The third-order valence-electron chi connectivity index (χ3n) is 8.91. The second-order valence-electron chi connectivity index (χ2n) is 11.6. The van der Waals surface area contributed by atoms with Crippen molar-refractivity contribution in [3.8, 4) is 50.6 Å². The van der Waals surface area contributed by atoms with Crippen molar-refractivity contribution in [2.45, 2.75) is 0 Å². The highest BCUT2D eigenvalue weighted by molar-refractivity contribution is 6.14. The second-order valence-corrected chi connectivity index (χ2v) is 11.6. The molecule has 0 unspecified atom stereocenters. The van der Waals surface area contributed by atoms with Crippen LogP contribution < -0.4 is 0 Å². The molecule has 0 N–H and O–H groups in total. The molecule has 214 valence electrons. The normalized spacial score (nSPS) is 11.5. The van der Waals surface area contributed by atoms with Crippen LogP contribution in [0.25, 0.3) is 88.4 Å². The lowest BCUT2D eigenvalue weighted by atomic mass is 9.87. The summed E-state index contributed by atoms with van der Waals surface area (Å²) in [6.45, 7) is 0. The predicted octanol–water partition coefficient (Wildman–Crippen LogP) is 12.0. The van der Waals surface area contributed by atoms with E-state index in [1.54, 1.807) is 0 Å². The molecule has 0 aliphatic heterocycles. The Morgan fingerprint density at radius 3 is 1.91 bits per heavy atom. The molecule has 3 heteroatoms. The van der Waals surface area contributed by atoms with Crippen molar-refractivity contribution < 1.29 is 8.83 Å². The maximum atomic E-state index is 10.1. The zero-order valence-corrected chi connectivity index (χ0v) is 24.7. The summed E-state index contributed by atoms with van der Waals surface area (Å²) in [7, 11) is 0. The van der Waals surface area contributed by atoms with Crippen molar-refractivity contribution in [3.05, 3.63) is 157 Å². The Balaban J connectivity index is 1.35. The molecule has 0 saturated carbocycles. The maximum Gasteiger partial charge on any atom is 0.143 e. The lowest BCUT2D eigenvalue weighted by Gasteiger charge is -2.16. The van der Waals surface area contributed by atoms with Gasteiger partial charge in [-0.3, -0.25) is 0 Å². The van der Waals surface area contributed by atoms with Gasteiger partial charge in [-0.15, -0.1) is 0 Å². The van der Waals surface area contributed by atoms with E-state index in [1.165, 1.54) is 0 Å². The Bertz CT molecular complexity index is 2650. The molecule has 2 aromatic heterocycles. The van der Waals surface area contributed by atoms with Crippen LogP contribution in [-0.2, 0) is 0 Å². The van der Waals surface area contributed by atoms with Crippen molar-refractivity contribution in [1.82, 2.24) is 0 Å². The van der Waals surface area contributed by atoms with Gasteiger partial charge in [0.15, 0.2) is 0 Å². The molecule has 0 aliphatic carbocycles. The Hall–Kier alpha value is -6.37. The fourth-order valence-corrected chi connectivity index (χ4v) is 6.80. The van der Waals surface area contributed by atoms with E-state index in [9.17, 15) is 5.26 Å². The van der Waals surface area contributed by atoms with E-state index in [4.69, 9.17) is 8.83 Å². The number of hydrogen-bond donors (Lipinski definition) is 0. The number of nitriles is 1. The van der Waals surface area contributed by atoms with Crippen molar-refractivity contribution in [2.75, 3.05) is 0 Å². The fraction of sp³-hybridized carbons (Fsp3) is 0. The summed E-state index contributed by atoms with van der Waals surface area (Å²) in [5.74, 6) is 0. The fourth-order valence-electron chi connectivity index (χ4n) is 6.80. The van der Waals surface area contributed by atoms with Gasteiger partial charge in [0.2, 0.25) is 0 Å². The molecule has 46 heavy (non-hydrogen) atoms. The largest absolute Gasteiger partial charge is 0.456 e. The molecular weight excluding hydrogens is 562 g/mol. The maximum absolute atomic E-state index is 10.1. The van der Waals surface area contributed by atoms with Crippen LogP contribution in [0.5, 0.6) is 0 Å². The number of para-hydroxylation sites is 3. The lowest BCUT2D eigenvalue weighted by Crippen LogP contribution is -1.91. The van der Waals surface area contributed by atoms with Crippen LogP contribution >= 0.6 is 0 Å². The third kappa shape index (κ3) is 4.13. The molecule has 0 amide bonds. The molecule has 9 aromatic rings. The average molecular weight is 588 g/mol. The predicted molar refractivity (Wildman–Crippen MR) is 187 cm³/mol. The minimum absolute atomic E-state index is 0.610. The van der Waals surface area contributed by atoms with Crippen LogP contribution in [0.2, 0.25) is 0 Å². The van der Waals surface area contributed by atoms with Crippen LogP contribution in [0, 0.1) is 11.3 Å². The van der Waals surface area contributed by atoms with Crippen LogP contribution in [0.15, 0.2) is 160 Å². The van der Waals surface area contributed by atoms with E-state index < -0.39 is 0 Å². The Morgan fingerprint density at radius 1 is 0.391 bits per heavy atom. The zero-order chi connectivity index (χ0) is 30.6. The number of nitrogens with zero attached hydrogens (tertiary/aromatic N) is 1. The van der Waals surface area contributed by atoms with Crippen LogP contribution in [0.4, 0.5) is 0 Å². The molecule has 0 bridgehead atoms. The van der Waals surface area contributed by atoms with Gasteiger partial charge in [-0.05, 0) is 81.4 Å². The average Bonchev–Trinajstić information content (AvgIpc) is 3.70. The molecule has 2 heterocycles. The minimum atomic E-state index is 0.610. The summed E-state index contributed by atoms with van der Waals surface area (Å²) >= 11 is 0. The van der Waals surface area contributed by atoms with Crippen molar-refractivity contribution in [2.24, 2.45) is 0 Å². The zero-order valence-electron chi connectivity index (χ0n) is 24.7. The standard InChI is InChI=1S/C43H25NO2/c44-26-27-22-30(28-10-2-1-3-11-28)24-31(23-27)38-25-29(32-14-8-16-36-34-12-4-6-17-39(34)46-43(32)36)20-21-33(38)35-15-9-19-41-42(35)37-13-5-7-18-40(37)45-41/h1-25H. The van der Waals surface area contributed by atoms with Crippen LogP contribution in [0.1, 0.15) is 5.56 Å². The smallest absolute Gasteiger partial charge is 0.143 e.